The van der Waals surface area contributed by atoms with Crippen LogP contribution in [0.2, 0.25) is 0 Å². The van der Waals surface area contributed by atoms with E-state index in [4.69, 9.17) is 4.74 Å². The highest BCUT2D eigenvalue weighted by molar-refractivity contribution is 7.92. The number of anilines is 1. The van der Waals surface area contributed by atoms with E-state index in [1.165, 1.54) is 42.5 Å². The minimum Gasteiger partial charge on any atom is -0.494 e. The highest BCUT2D eigenvalue weighted by Crippen LogP contribution is 2.19. The first-order valence-electron chi connectivity index (χ1n) is 10.5. The summed E-state index contributed by atoms with van der Waals surface area (Å²) < 4.78 is 32.9. The van der Waals surface area contributed by atoms with Crippen LogP contribution in [-0.2, 0) is 14.8 Å². The second-order valence-electron chi connectivity index (χ2n) is 7.28. The molecule has 176 valence electrons. The van der Waals surface area contributed by atoms with Gasteiger partial charge in [-0.3, -0.25) is 25.2 Å². The molecule has 34 heavy (non-hydrogen) atoms. The number of ether oxygens (including phenoxy) is 1. The first-order chi connectivity index (χ1) is 16.3. The van der Waals surface area contributed by atoms with Crippen LogP contribution in [0.5, 0.6) is 5.75 Å². The molecule has 0 saturated heterocycles. The van der Waals surface area contributed by atoms with Crippen molar-refractivity contribution in [3.63, 3.8) is 0 Å². The van der Waals surface area contributed by atoms with Gasteiger partial charge in [0, 0.05) is 17.3 Å². The van der Waals surface area contributed by atoms with Crippen molar-refractivity contribution in [1.29, 1.82) is 0 Å². The molecule has 0 unspecified atom stereocenters. The fraction of sp³-hybridized carbons (Fsp3) is 0.120. The number of nitrogens with one attached hydrogen (secondary N) is 3. The lowest BCUT2D eigenvalue weighted by atomic mass is 10.1. The monoisotopic (exact) mass is 479 g/mol. The molecule has 9 heteroatoms. The summed E-state index contributed by atoms with van der Waals surface area (Å²) >= 11 is 0. The van der Waals surface area contributed by atoms with Crippen molar-refractivity contribution in [3.05, 3.63) is 95.6 Å². The molecular formula is C25H25N3O5S. The summed E-state index contributed by atoms with van der Waals surface area (Å²) in [7, 11) is -3.80. The van der Waals surface area contributed by atoms with E-state index >= 15 is 0 Å². The van der Waals surface area contributed by atoms with Crippen LogP contribution in [0, 0.1) is 6.92 Å². The zero-order chi connectivity index (χ0) is 24.6. The van der Waals surface area contributed by atoms with E-state index in [1.54, 1.807) is 18.2 Å². The third kappa shape index (κ3) is 6.94. The summed E-state index contributed by atoms with van der Waals surface area (Å²) in [5.74, 6) is -0.456. The molecule has 0 bridgehead atoms. The summed E-state index contributed by atoms with van der Waals surface area (Å²) in [5, 5.41) is 0. The maximum Gasteiger partial charge on any atom is 0.269 e. The number of rotatable bonds is 8. The van der Waals surface area contributed by atoms with Crippen LogP contribution < -0.4 is 20.3 Å². The smallest absolute Gasteiger partial charge is 0.269 e. The standard InChI is InChI=1S/C25H25N3O5S/c1-3-33-22-12-14-23(15-13-22)34(31,32)28-21-10-8-20(9-11-21)25(30)27-26-24(29)16-7-19-6-4-5-18(2)17-19/h4-17,28H,3H2,1-2H3,(H,26,29)(H,27,30)/b16-7+. The Kier molecular flexibility index (Phi) is 8.05. The third-order valence-electron chi connectivity index (χ3n) is 4.61. The Balaban J connectivity index is 1.55. The number of carbonyl (C=O) groups excluding carboxylic acids is 2. The lowest BCUT2D eigenvalue weighted by molar-refractivity contribution is -0.117. The average molecular weight is 480 g/mol. The lowest BCUT2D eigenvalue weighted by Gasteiger charge is -2.10. The number of carbonyl (C=O) groups is 2. The molecule has 0 spiro atoms. The molecule has 0 heterocycles. The Morgan fingerprint density at radius 2 is 1.65 bits per heavy atom. The zero-order valence-electron chi connectivity index (χ0n) is 18.7. The van der Waals surface area contributed by atoms with E-state index in [0.717, 1.165) is 11.1 Å². The lowest BCUT2D eigenvalue weighted by Crippen LogP contribution is -2.40. The van der Waals surface area contributed by atoms with E-state index < -0.39 is 21.8 Å². The number of benzene rings is 3. The molecule has 0 aliphatic heterocycles. The first kappa shape index (κ1) is 24.5. The highest BCUT2D eigenvalue weighted by Gasteiger charge is 2.15. The quantitative estimate of drug-likeness (QED) is 0.337. The van der Waals surface area contributed by atoms with Crippen LogP contribution >= 0.6 is 0 Å². The maximum absolute atomic E-state index is 12.6. The van der Waals surface area contributed by atoms with Gasteiger partial charge in [-0.2, -0.15) is 0 Å². The minimum atomic E-state index is -3.80. The topological polar surface area (TPSA) is 114 Å². The summed E-state index contributed by atoms with van der Waals surface area (Å²) in [6.07, 6.45) is 2.95. The van der Waals surface area contributed by atoms with Gasteiger partial charge in [0.15, 0.2) is 0 Å². The summed E-state index contributed by atoms with van der Waals surface area (Å²) in [6.45, 7) is 4.28. The molecule has 0 fully saturated rings. The molecule has 0 aromatic heterocycles. The molecule has 0 aliphatic carbocycles. The van der Waals surface area contributed by atoms with Crippen molar-refractivity contribution in [2.75, 3.05) is 11.3 Å². The Morgan fingerprint density at radius 1 is 0.941 bits per heavy atom. The van der Waals surface area contributed by atoms with Gasteiger partial charge in [-0.15, -0.1) is 0 Å². The number of hydrogen-bond donors (Lipinski definition) is 3. The van der Waals surface area contributed by atoms with Crippen molar-refractivity contribution in [1.82, 2.24) is 10.9 Å². The van der Waals surface area contributed by atoms with Gasteiger partial charge in [0.2, 0.25) is 0 Å². The predicted octanol–water partition coefficient (Wildman–Crippen LogP) is 3.67. The Bertz CT molecular complexity index is 1280. The van der Waals surface area contributed by atoms with Crippen LogP contribution in [0.4, 0.5) is 5.69 Å². The molecule has 0 saturated carbocycles. The number of aryl methyl sites for hydroxylation is 1. The molecule has 8 nitrogen and oxygen atoms in total. The molecule has 3 N–H and O–H groups in total. The summed E-state index contributed by atoms with van der Waals surface area (Å²) in [4.78, 5) is 24.3. The molecule has 0 aliphatic rings. The molecule has 3 aromatic carbocycles. The van der Waals surface area contributed by atoms with Crippen LogP contribution in [-0.4, -0.2) is 26.8 Å². The van der Waals surface area contributed by atoms with Crippen molar-refractivity contribution < 1.29 is 22.7 Å². The number of amides is 2. The third-order valence-corrected chi connectivity index (χ3v) is 6.01. The van der Waals surface area contributed by atoms with Crippen LogP contribution in [0.25, 0.3) is 6.08 Å². The van der Waals surface area contributed by atoms with Crippen LogP contribution in [0.15, 0.2) is 83.8 Å². The molecule has 0 radical (unpaired) electrons. The molecule has 0 atom stereocenters. The Hall–Kier alpha value is -4.11. The van der Waals surface area contributed by atoms with Gasteiger partial charge in [-0.05, 0) is 74.0 Å². The number of hydrazine groups is 1. The van der Waals surface area contributed by atoms with E-state index in [2.05, 4.69) is 15.6 Å². The number of sulfonamides is 1. The largest absolute Gasteiger partial charge is 0.494 e. The Morgan fingerprint density at radius 3 is 2.29 bits per heavy atom. The fourth-order valence-corrected chi connectivity index (χ4v) is 4.02. The van der Waals surface area contributed by atoms with Gasteiger partial charge >= 0.3 is 0 Å². The normalized spacial score (nSPS) is 11.1. The second-order valence-corrected chi connectivity index (χ2v) is 8.96. The first-order valence-corrected chi connectivity index (χ1v) is 12.0. The van der Waals surface area contributed by atoms with Gasteiger partial charge in [0.1, 0.15) is 5.75 Å². The van der Waals surface area contributed by atoms with Crippen molar-refractivity contribution >= 4 is 33.6 Å². The van der Waals surface area contributed by atoms with Gasteiger partial charge in [0.25, 0.3) is 21.8 Å². The molecule has 3 rings (SSSR count). The average Bonchev–Trinajstić information content (AvgIpc) is 2.82. The SMILES string of the molecule is CCOc1ccc(S(=O)(=O)Nc2ccc(C(=O)NNC(=O)/C=C/c3cccc(C)c3)cc2)cc1. The maximum atomic E-state index is 12.6. The van der Waals surface area contributed by atoms with E-state index in [-0.39, 0.29) is 16.1 Å². The van der Waals surface area contributed by atoms with Crippen LogP contribution in [0.1, 0.15) is 28.4 Å². The van der Waals surface area contributed by atoms with Gasteiger partial charge in [-0.25, -0.2) is 8.42 Å². The zero-order valence-corrected chi connectivity index (χ0v) is 19.6. The van der Waals surface area contributed by atoms with Crippen molar-refractivity contribution in [2.45, 2.75) is 18.7 Å². The predicted molar refractivity (Wildman–Crippen MR) is 131 cm³/mol. The van der Waals surface area contributed by atoms with Gasteiger partial charge in [-0.1, -0.05) is 29.8 Å². The summed E-state index contributed by atoms with van der Waals surface area (Å²) in [6, 6.07) is 19.5. The van der Waals surface area contributed by atoms with E-state index in [1.807, 2.05) is 38.1 Å². The number of hydrogen-bond acceptors (Lipinski definition) is 5. The molecule has 3 aromatic rings. The van der Waals surface area contributed by atoms with Crippen molar-refractivity contribution in [3.8, 4) is 5.75 Å². The minimum absolute atomic E-state index is 0.0826. The van der Waals surface area contributed by atoms with Gasteiger partial charge < -0.3 is 4.74 Å². The Labute approximate surface area is 198 Å². The van der Waals surface area contributed by atoms with Gasteiger partial charge in [0.05, 0.1) is 11.5 Å². The second kappa shape index (κ2) is 11.2. The van der Waals surface area contributed by atoms with Crippen molar-refractivity contribution in [2.24, 2.45) is 0 Å². The summed E-state index contributed by atoms with van der Waals surface area (Å²) in [5.41, 5.74) is 7.09. The van der Waals surface area contributed by atoms with Crippen LogP contribution in [0.3, 0.4) is 0 Å². The van der Waals surface area contributed by atoms with E-state index in [9.17, 15) is 18.0 Å². The molecular weight excluding hydrogens is 454 g/mol. The highest BCUT2D eigenvalue weighted by atomic mass is 32.2. The molecule has 2 amide bonds. The fourth-order valence-electron chi connectivity index (χ4n) is 2.96. The van der Waals surface area contributed by atoms with E-state index in [0.29, 0.717) is 12.4 Å².